The Kier molecular flexibility index (Phi) is 9.86. The number of nitrogens with zero attached hydrogens (tertiary/aromatic N) is 2. The highest BCUT2D eigenvalue weighted by Gasteiger charge is 2.42. The molecule has 146 valence electrons. The summed E-state index contributed by atoms with van der Waals surface area (Å²) in [4.78, 5) is 19.1. The van der Waals surface area contributed by atoms with Crippen LogP contribution in [0.4, 0.5) is 0 Å². The fraction of sp³-hybridized carbons (Fsp3) is 0.895. The zero-order valence-corrected chi connectivity index (χ0v) is 16.6. The number of guanidine groups is 1. The Morgan fingerprint density at radius 3 is 2.40 bits per heavy atom. The standard InChI is InChI=1S/C19H38N4O2/c1-5-9-16(10-13-24)14-21-18(20-6-2)22-15-19(11-7-8-12-19)17(25)23(3)4/h16,24H,5-15H2,1-4H3,(H2,20,21,22). The highest BCUT2D eigenvalue weighted by Crippen LogP contribution is 2.39. The molecule has 0 aromatic rings. The van der Waals surface area contributed by atoms with Gasteiger partial charge in [0.1, 0.15) is 0 Å². The van der Waals surface area contributed by atoms with E-state index >= 15 is 0 Å². The minimum absolute atomic E-state index is 0.203. The van der Waals surface area contributed by atoms with E-state index in [4.69, 9.17) is 4.99 Å². The number of carbonyl (C=O) groups is 1. The van der Waals surface area contributed by atoms with Crippen molar-refractivity contribution in [1.29, 1.82) is 0 Å². The average molecular weight is 355 g/mol. The van der Waals surface area contributed by atoms with Crippen LogP contribution in [0.15, 0.2) is 4.99 Å². The summed E-state index contributed by atoms with van der Waals surface area (Å²) in [5.41, 5.74) is -0.334. The summed E-state index contributed by atoms with van der Waals surface area (Å²) in [6, 6.07) is 0. The van der Waals surface area contributed by atoms with E-state index in [-0.39, 0.29) is 17.9 Å². The van der Waals surface area contributed by atoms with Gasteiger partial charge in [-0.2, -0.15) is 0 Å². The van der Waals surface area contributed by atoms with Crippen LogP contribution in [-0.2, 0) is 4.79 Å². The summed E-state index contributed by atoms with van der Waals surface area (Å²) in [7, 11) is 3.67. The average Bonchev–Trinajstić information content (AvgIpc) is 3.06. The van der Waals surface area contributed by atoms with Crippen LogP contribution in [0.3, 0.4) is 0 Å². The molecule has 0 heterocycles. The minimum Gasteiger partial charge on any atom is -0.396 e. The van der Waals surface area contributed by atoms with Gasteiger partial charge < -0.3 is 20.6 Å². The first kappa shape index (κ1) is 21.7. The molecular weight excluding hydrogens is 316 g/mol. The van der Waals surface area contributed by atoms with Crippen LogP contribution < -0.4 is 10.6 Å². The molecule has 1 saturated carbocycles. The Balaban J connectivity index is 2.73. The zero-order chi connectivity index (χ0) is 18.7. The summed E-state index contributed by atoms with van der Waals surface area (Å²) in [6.07, 6.45) is 7.08. The van der Waals surface area contributed by atoms with E-state index in [0.717, 1.165) is 64.0 Å². The molecule has 0 radical (unpaired) electrons. The number of hydrogen-bond donors (Lipinski definition) is 3. The molecule has 0 saturated heterocycles. The van der Waals surface area contributed by atoms with Gasteiger partial charge >= 0.3 is 0 Å². The second-order valence-corrected chi connectivity index (χ2v) is 7.43. The molecule has 1 amide bonds. The van der Waals surface area contributed by atoms with Crippen LogP contribution in [0.2, 0.25) is 0 Å². The van der Waals surface area contributed by atoms with Crippen molar-refractivity contribution in [3.05, 3.63) is 0 Å². The fourth-order valence-electron chi connectivity index (χ4n) is 3.72. The minimum atomic E-state index is -0.334. The number of aliphatic imine (C=N–C) groups is 1. The number of aliphatic hydroxyl groups excluding tert-OH is 1. The molecule has 0 aromatic carbocycles. The van der Waals surface area contributed by atoms with Gasteiger partial charge in [0.2, 0.25) is 5.91 Å². The van der Waals surface area contributed by atoms with E-state index in [9.17, 15) is 9.90 Å². The molecule has 0 spiro atoms. The maximum absolute atomic E-state index is 12.7. The highest BCUT2D eigenvalue weighted by atomic mass is 16.3. The molecule has 6 nitrogen and oxygen atoms in total. The molecule has 25 heavy (non-hydrogen) atoms. The van der Waals surface area contributed by atoms with Crippen molar-refractivity contribution in [2.75, 3.05) is 40.3 Å². The lowest BCUT2D eigenvalue weighted by Crippen LogP contribution is -2.43. The second-order valence-electron chi connectivity index (χ2n) is 7.43. The number of amides is 1. The van der Waals surface area contributed by atoms with Gasteiger partial charge in [-0.25, -0.2) is 0 Å². The van der Waals surface area contributed by atoms with Gasteiger partial charge in [-0.05, 0) is 38.5 Å². The summed E-state index contributed by atoms with van der Waals surface area (Å²) in [5.74, 6) is 1.43. The molecule has 1 aliphatic rings. The summed E-state index contributed by atoms with van der Waals surface area (Å²) in [5, 5.41) is 15.9. The molecule has 3 N–H and O–H groups in total. The van der Waals surface area contributed by atoms with E-state index in [1.165, 1.54) is 0 Å². The molecule has 1 fully saturated rings. The Labute approximate surface area is 153 Å². The Bertz CT molecular complexity index is 412. The van der Waals surface area contributed by atoms with Crippen molar-refractivity contribution >= 4 is 11.9 Å². The van der Waals surface area contributed by atoms with Crippen molar-refractivity contribution in [2.45, 2.75) is 58.8 Å². The number of aliphatic hydroxyl groups is 1. The van der Waals surface area contributed by atoms with Crippen LogP contribution in [0, 0.1) is 11.3 Å². The van der Waals surface area contributed by atoms with Crippen LogP contribution >= 0.6 is 0 Å². The maximum Gasteiger partial charge on any atom is 0.230 e. The molecular formula is C19H38N4O2. The summed E-state index contributed by atoms with van der Waals surface area (Å²) < 4.78 is 0. The summed E-state index contributed by atoms with van der Waals surface area (Å²) >= 11 is 0. The normalized spacial score (nSPS) is 18.0. The van der Waals surface area contributed by atoms with Gasteiger partial charge in [-0.15, -0.1) is 0 Å². The second kappa shape index (κ2) is 11.3. The monoisotopic (exact) mass is 354 g/mol. The largest absolute Gasteiger partial charge is 0.396 e. The predicted molar refractivity (Wildman–Crippen MR) is 104 cm³/mol. The zero-order valence-electron chi connectivity index (χ0n) is 16.6. The van der Waals surface area contributed by atoms with Crippen LogP contribution in [0.1, 0.15) is 58.8 Å². The first-order valence-electron chi connectivity index (χ1n) is 9.83. The van der Waals surface area contributed by atoms with Gasteiger partial charge in [0.05, 0.1) is 12.0 Å². The van der Waals surface area contributed by atoms with E-state index in [1.807, 2.05) is 21.0 Å². The lowest BCUT2D eigenvalue weighted by Gasteiger charge is -2.29. The first-order valence-corrected chi connectivity index (χ1v) is 9.83. The van der Waals surface area contributed by atoms with Crippen molar-refractivity contribution in [1.82, 2.24) is 15.5 Å². The van der Waals surface area contributed by atoms with Gasteiger partial charge in [-0.3, -0.25) is 9.79 Å². The molecule has 0 aliphatic heterocycles. The van der Waals surface area contributed by atoms with Gasteiger partial charge in [0, 0.05) is 33.8 Å². The number of rotatable bonds is 10. The predicted octanol–water partition coefficient (Wildman–Crippen LogP) is 1.99. The van der Waals surface area contributed by atoms with E-state index in [2.05, 4.69) is 17.6 Å². The van der Waals surface area contributed by atoms with Crippen LogP contribution in [0.25, 0.3) is 0 Å². The van der Waals surface area contributed by atoms with E-state index in [1.54, 1.807) is 4.90 Å². The third kappa shape index (κ3) is 6.84. The lowest BCUT2D eigenvalue weighted by atomic mass is 9.85. The van der Waals surface area contributed by atoms with Gasteiger partial charge in [0.15, 0.2) is 5.96 Å². The molecule has 1 unspecified atom stereocenters. The topological polar surface area (TPSA) is 77.0 Å². The molecule has 1 atom stereocenters. The molecule has 0 aromatic heterocycles. The van der Waals surface area contributed by atoms with Crippen molar-refractivity contribution in [2.24, 2.45) is 16.3 Å². The number of hydrogen-bond acceptors (Lipinski definition) is 3. The van der Waals surface area contributed by atoms with Gasteiger partial charge in [-0.1, -0.05) is 26.2 Å². The lowest BCUT2D eigenvalue weighted by molar-refractivity contribution is -0.138. The molecule has 6 heteroatoms. The molecule has 0 bridgehead atoms. The van der Waals surface area contributed by atoms with Crippen LogP contribution in [-0.4, -0.2) is 62.2 Å². The smallest absolute Gasteiger partial charge is 0.230 e. The number of carbonyl (C=O) groups excluding carboxylic acids is 1. The first-order chi connectivity index (χ1) is 12.0. The maximum atomic E-state index is 12.7. The van der Waals surface area contributed by atoms with E-state index in [0.29, 0.717) is 12.5 Å². The fourth-order valence-corrected chi connectivity index (χ4v) is 3.72. The number of nitrogens with one attached hydrogen (secondary N) is 2. The SMILES string of the molecule is CCCC(CCO)CNC(=NCC1(C(=O)N(C)C)CCCC1)NCC. The third-order valence-electron chi connectivity index (χ3n) is 5.10. The van der Waals surface area contributed by atoms with Crippen molar-refractivity contribution < 1.29 is 9.90 Å². The van der Waals surface area contributed by atoms with Crippen molar-refractivity contribution in [3.63, 3.8) is 0 Å². The molecule has 1 rings (SSSR count). The Hall–Kier alpha value is -1.30. The van der Waals surface area contributed by atoms with Gasteiger partial charge in [0.25, 0.3) is 0 Å². The summed E-state index contributed by atoms with van der Waals surface area (Å²) in [6.45, 7) is 6.57. The highest BCUT2D eigenvalue weighted by molar-refractivity contribution is 5.84. The quantitative estimate of drug-likeness (QED) is 0.414. The Morgan fingerprint density at radius 1 is 1.20 bits per heavy atom. The van der Waals surface area contributed by atoms with Crippen LogP contribution in [0.5, 0.6) is 0 Å². The third-order valence-corrected chi connectivity index (χ3v) is 5.10. The molecule has 1 aliphatic carbocycles. The Morgan fingerprint density at radius 2 is 1.88 bits per heavy atom. The van der Waals surface area contributed by atoms with E-state index < -0.39 is 0 Å². The van der Waals surface area contributed by atoms with Crippen molar-refractivity contribution in [3.8, 4) is 0 Å².